The maximum absolute atomic E-state index is 10.6. The van der Waals surface area contributed by atoms with Gasteiger partial charge in [0.2, 0.25) is 5.91 Å². The second-order valence-corrected chi connectivity index (χ2v) is 2.67. The number of carbonyl (C=O) groups is 1. The van der Waals surface area contributed by atoms with Crippen LogP contribution in [0.2, 0.25) is 0 Å². The molecule has 60 valence electrons. The molecule has 0 aromatic rings. The number of nitrogens with two attached hydrogens (primary N) is 3. The van der Waals surface area contributed by atoms with Crippen molar-refractivity contribution in [3.05, 3.63) is 0 Å². The molecular formula is C6H15N3O. The van der Waals surface area contributed by atoms with Crippen molar-refractivity contribution in [2.75, 3.05) is 6.54 Å². The topological polar surface area (TPSA) is 95.1 Å². The third kappa shape index (κ3) is 2.80. The van der Waals surface area contributed by atoms with Gasteiger partial charge in [-0.1, -0.05) is 0 Å². The van der Waals surface area contributed by atoms with Gasteiger partial charge < -0.3 is 17.2 Å². The highest BCUT2D eigenvalue weighted by molar-refractivity contribution is 5.83. The highest BCUT2D eigenvalue weighted by Crippen LogP contribution is 2.06. The van der Waals surface area contributed by atoms with Crippen LogP contribution in [0.1, 0.15) is 19.8 Å². The average Bonchev–Trinajstić information content (AvgIpc) is 1.84. The smallest absolute Gasteiger partial charge is 0.237 e. The highest BCUT2D eigenvalue weighted by Gasteiger charge is 2.23. The van der Waals surface area contributed by atoms with Crippen molar-refractivity contribution < 1.29 is 4.79 Å². The van der Waals surface area contributed by atoms with E-state index in [1.54, 1.807) is 6.92 Å². The van der Waals surface area contributed by atoms with Gasteiger partial charge in [0, 0.05) is 0 Å². The summed E-state index contributed by atoms with van der Waals surface area (Å²) in [5.41, 5.74) is 14.9. The molecule has 1 atom stereocenters. The third-order valence-electron chi connectivity index (χ3n) is 1.46. The second-order valence-electron chi connectivity index (χ2n) is 2.67. The SMILES string of the molecule is CC(N)(CCCN)C(N)=O. The first kappa shape index (κ1) is 9.39. The lowest BCUT2D eigenvalue weighted by atomic mass is 9.97. The minimum atomic E-state index is -0.890. The highest BCUT2D eigenvalue weighted by atomic mass is 16.1. The Morgan fingerprint density at radius 3 is 2.40 bits per heavy atom. The van der Waals surface area contributed by atoms with Gasteiger partial charge in [0.25, 0.3) is 0 Å². The molecule has 4 heteroatoms. The molecule has 6 N–H and O–H groups in total. The minimum Gasteiger partial charge on any atom is -0.368 e. The summed E-state index contributed by atoms with van der Waals surface area (Å²) < 4.78 is 0. The lowest BCUT2D eigenvalue weighted by molar-refractivity contribution is -0.122. The molecule has 1 unspecified atom stereocenters. The van der Waals surface area contributed by atoms with Gasteiger partial charge in [-0.3, -0.25) is 4.79 Å². The van der Waals surface area contributed by atoms with Crippen LogP contribution in [0.3, 0.4) is 0 Å². The first-order valence-electron chi connectivity index (χ1n) is 3.29. The Morgan fingerprint density at radius 2 is 2.10 bits per heavy atom. The molecule has 0 aliphatic heterocycles. The monoisotopic (exact) mass is 145 g/mol. The summed E-state index contributed by atoms with van der Waals surface area (Å²) in [5.74, 6) is -0.471. The van der Waals surface area contributed by atoms with Crippen LogP contribution in [0.5, 0.6) is 0 Å². The zero-order valence-corrected chi connectivity index (χ0v) is 6.26. The minimum absolute atomic E-state index is 0.471. The van der Waals surface area contributed by atoms with Crippen molar-refractivity contribution in [1.29, 1.82) is 0 Å². The van der Waals surface area contributed by atoms with Gasteiger partial charge in [-0.15, -0.1) is 0 Å². The fourth-order valence-corrected chi connectivity index (χ4v) is 0.592. The summed E-state index contributed by atoms with van der Waals surface area (Å²) in [4.78, 5) is 10.6. The Hall–Kier alpha value is -0.610. The third-order valence-corrected chi connectivity index (χ3v) is 1.46. The first-order valence-corrected chi connectivity index (χ1v) is 3.29. The summed E-state index contributed by atoms with van der Waals surface area (Å²) in [7, 11) is 0. The number of carbonyl (C=O) groups excluding carboxylic acids is 1. The molecule has 0 fully saturated rings. The van der Waals surface area contributed by atoms with Crippen molar-refractivity contribution in [1.82, 2.24) is 0 Å². The maximum atomic E-state index is 10.6. The van der Waals surface area contributed by atoms with E-state index in [1.165, 1.54) is 0 Å². The standard InChI is InChI=1S/C6H15N3O/c1-6(9,5(8)10)3-2-4-7/h2-4,7,9H2,1H3,(H2,8,10). The Balaban J connectivity index is 3.75. The van der Waals surface area contributed by atoms with E-state index in [2.05, 4.69) is 0 Å². The lowest BCUT2D eigenvalue weighted by Gasteiger charge is -2.19. The Labute approximate surface area is 60.7 Å². The Kier molecular flexibility index (Phi) is 3.32. The predicted molar refractivity (Wildman–Crippen MR) is 40.1 cm³/mol. The number of rotatable bonds is 4. The van der Waals surface area contributed by atoms with E-state index in [1.807, 2.05) is 0 Å². The van der Waals surface area contributed by atoms with E-state index < -0.39 is 11.4 Å². The summed E-state index contributed by atoms with van der Waals surface area (Å²) in [5, 5.41) is 0. The van der Waals surface area contributed by atoms with E-state index in [4.69, 9.17) is 17.2 Å². The largest absolute Gasteiger partial charge is 0.368 e. The fourth-order valence-electron chi connectivity index (χ4n) is 0.592. The molecule has 0 aromatic heterocycles. The van der Waals surface area contributed by atoms with Crippen LogP contribution in [0, 0.1) is 0 Å². The van der Waals surface area contributed by atoms with Crippen LogP contribution in [0.15, 0.2) is 0 Å². The van der Waals surface area contributed by atoms with Crippen molar-refractivity contribution in [2.24, 2.45) is 17.2 Å². The number of hydrogen-bond donors (Lipinski definition) is 3. The molecule has 0 radical (unpaired) electrons. The van der Waals surface area contributed by atoms with Gasteiger partial charge in [-0.05, 0) is 26.3 Å². The van der Waals surface area contributed by atoms with Gasteiger partial charge in [0.05, 0.1) is 5.54 Å². The molecule has 0 aliphatic rings. The second kappa shape index (κ2) is 3.53. The molecule has 10 heavy (non-hydrogen) atoms. The summed E-state index contributed by atoms with van der Waals surface area (Å²) >= 11 is 0. The van der Waals surface area contributed by atoms with Crippen LogP contribution in [-0.4, -0.2) is 18.0 Å². The normalized spacial score (nSPS) is 16.3. The van der Waals surface area contributed by atoms with Gasteiger partial charge in [0.1, 0.15) is 0 Å². The van der Waals surface area contributed by atoms with Crippen molar-refractivity contribution in [3.8, 4) is 0 Å². The molecule has 4 nitrogen and oxygen atoms in total. The molecule has 0 saturated heterocycles. The van der Waals surface area contributed by atoms with Crippen LogP contribution >= 0.6 is 0 Å². The van der Waals surface area contributed by atoms with Crippen molar-refractivity contribution >= 4 is 5.91 Å². The maximum Gasteiger partial charge on any atom is 0.237 e. The summed E-state index contributed by atoms with van der Waals surface area (Å²) in [6, 6.07) is 0. The summed E-state index contributed by atoms with van der Waals surface area (Å²) in [6.45, 7) is 2.16. The van der Waals surface area contributed by atoms with Gasteiger partial charge >= 0.3 is 0 Å². The molecule has 1 amide bonds. The molecule has 0 spiro atoms. The fraction of sp³-hybridized carbons (Fsp3) is 0.833. The molecule has 0 bridgehead atoms. The first-order chi connectivity index (χ1) is 4.50. The molecule has 0 aromatic carbocycles. The van der Waals surface area contributed by atoms with Crippen molar-refractivity contribution in [2.45, 2.75) is 25.3 Å². The average molecular weight is 145 g/mol. The van der Waals surface area contributed by atoms with Crippen LogP contribution < -0.4 is 17.2 Å². The molecular weight excluding hydrogens is 130 g/mol. The summed E-state index contributed by atoms with van der Waals surface area (Å²) in [6.07, 6.45) is 1.29. The van der Waals surface area contributed by atoms with Gasteiger partial charge in [-0.2, -0.15) is 0 Å². The number of primary amides is 1. The van der Waals surface area contributed by atoms with Crippen molar-refractivity contribution in [3.63, 3.8) is 0 Å². The lowest BCUT2D eigenvalue weighted by Crippen LogP contribution is -2.49. The van der Waals surface area contributed by atoms with E-state index >= 15 is 0 Å². The van der Waals surface area contributed by atoms with E-state index in [-0.39, 0.29) is 0 Å². The van der Waals surface area contributed by atoms with E-state index in [0.717, 1.165) is 6.42 Å². The molecule has 0 aliphatic carbocycles. The Morgan fingerprint density at radius 1 is 1.60 bits per heavy atom. The number of amides is 1. The zero-order valence-electron chi connectivity index (χ0n) is 6.26. The zero-order chi connectivity index (χ0) is 8.20. The van der Waals surface area contributed by atoms with Crippen LogP contribution in [0.25, 0.3) is 0 Å². The van der Waals surface area contributed by atoms with Gasteiger partial charge in [0.15, 0.2) is 0 Å². The quantitative estimate of drug-likeness (QED) is 0.470. The molecule has 0 heterocycles. The van der Waals surface area contributed by atoms with E-state index in [0.29, 0.717) is 13.0 Å². The molecule has 0 saturated carbocycles. The molecule has 0 rings (SSSR count). The van der Waals surface area contributed by atoms with Crippen LogP contribution in [-0.2, 0) is 4.79 Å². The Bertz CT molecular complexity index is 122. The predicted octanol–water partition coefficient (Wildman–Crippen LogP) is -1.07. The van der Waals surface area contributed by atoms with E-state index in [9.17, 15) is 4.79 Å². The number of hydrogen-bond acceptors (Lipinski definition) is 3. The van der Waals surface area contributed by atoms with Crippen LogP contribution in [0.4, 0.5) is 0 Å². The van der Waals surface area contributed by atoms with Gasteiger partial charge in [-0.25, -0.2) is 0 Å².